The summed E-state index contributed by atoms with van der Waals surface area (Å²) >= 11 is 0. The van der Waals surface area contributed by atoms with Crippen molar-refractivity contribution < 1.29 is 12.8 Å². The van der Waals surface area contributed by atoms with E-state index in [0.29, 0.717) is 6.54 Å². The van der Waals surface area contributed by atoms with Crippen molar-refractivity contribution >= 4 is 20.9 Å². The molecule has 148 valence electrons. The van der Waals surface area contributed by atoms with E-state index in [1.807, 2.05) is 6.07 Å². The van der Waals surface area contributed by atoms with Crippen LogP contribution in [0.2, 0.25) is 0 Å². The van der Waals surface area contributed by atoms with Gasteiger partial charge >= 0.3 is 0 Å². The minimum absolute atomic E-state index is 0.131. The number of halogens is 1. The number of aryl methyl sites for hydroxylation is 1. The van der Waals surface area contributed by atoms with Crippen LogP contribution in [0.4, 0.5) is 4.39 Å². The highest BCUT2D eigenvalue weighted by atomic mass is 32.2. The van der Waals surface area contributed by atoms with E-state index in [1.165, 1.54) is 50.7 Å². The normalized spacial score (nSPS) is 17.2. The monoisotopic (exact) mass is 400 g/mol. The lowest BCUT2D eigenvalue weighted by atomic mass is 9.99. The molecule has 2 aromatic carbocycles. The molecule has 3 aromatic rings. The van der Waals surface area contributed by atoms with Gasteiger partial charge in [0.15, 0.2) is 0 Å². The van der Waals surface area contributed by atoms with Crippen molar-refractivity contribution in [3.05, 3.63) is 65.6 Å². The van der Waals surface area contributed by atoms with Crippen LogP contribution in [-0.2, 0) is 29.4 Å². The second-order valence-electron chi connectivity index (χ2n) is 7.47. The van der Waals surface area contributed by atoms with Gasteiger partial charge in [0.25, 0.3) is 0 Å². The van der Waals surface area contributed by atoms with Crippen LogP contribution in [0.15, 0.2) is 53.4 Å². The molecular formula is C22H25FN2O2S. The van der Waals surface area contributed by atoms with Gasteiger partial charge in [-0.3, -0.25) is 0 Å². The lowest BCUT2D eigenvalue weighted by molar-refractivity contribution is 0.293. The van der Waals surface area contributed by atoms with Crippen molar-refractivity contribution in [1.82, 2.24) is 8.87 Å². The smallest absolute Gasteiger partial charge is 0.243 e. The van der Waals surface area contributed by atoms with Gasteiger partial charge in [0, 0.05) is 36.2 Å². The molecule has 0 bridgehead atoms. The second kappa shape index (κ2) is 7.33. The first kappa shape index (κ1) is 19.2. The molecule has 4 nitrogen and oxygen atoms in total. The molecule has 0 amide bonds. The molecule has 0 fully saturated rings. The Morgan fingerprint density at radius 3 is 2.57 bits per heavy atom. The Morgan fingerprint density at radius 2 is 1.86 bits per heavy atom. The number of sulfonamides is 1. The molecule has 0 aliphatic carbocycles. The standard InChI is InChI=1S/C22H25FN2O2S/c1-3-6-19-20-7-4-5-8-21(20)25-15-17(11-14-22(19)25)24(2)28(26,27)18-12-9-16(23)10-13-18/h4-5,7-10,12-13,17H,3,6,11,14-15H2,1-2H3. The Balaban J connectivity index is 1.69. The predicted molar refractivity (Wildman–Crippen MR) is 109 cm³/mol. The van der Waals surface area contributed by atoms with Crippen molar-refractivity contribution in [2.75, 3.05) is 7.05 Å². The number of rotatable bonds is 5. The molecule has 1 aliphatic heterocycles. The number of fused-ring (bicyclic) bond motifs is 3. The number of hydrogen-bond acceptors (Lipinski definition) is 2. The van der Waals surface area contributed by atoms with E-state index in [9.17, 15) is 12.8 Å². The summed E-state index contributed by atoms with van der Waals surface area (Å²) in [5.74, 6) is -0.439. The summed E-state index contributed by atoms with van der Waals surface area (Å²) in [6.07, 6.45) is 3.77. The van der Waals surface area contributed by atoms with Crippen molar-refractivity contribution in [2.24, 2.45) is 0 Å². The number of aromatic nitrogens is 1. The minimum atomic E-state index is -3.66. The van der Waals surface area contributed by atoms with Crippen LogP contribution in [0, 0.1) is 5.82 Å². The number of hydrogen-bond donors (Lipinski definition) is 0. The SMILES string of the molecule is CCCc1c2n(c3ccccc13)CC(N(C)S(=O)(=O)c1ccc(F)cc1)CC2. The van der Waals surface area contributed by atoms with Crippen LogP contribution in [0.1, 0.15) is 31.0 Å². The molecule has 1 atom stereocenters. The zero-order chi connectivity index (χ0) is 19.9. The predicted octanol–water partition coefficient (Wildman–Crippen LogP) is 4.37. The zero-order valence-corrected chi connectivity index (χ0v) is 17.0. The molecule has 4 rings (SSSR count). The van der Waals surface area contributed by atoms with Crippen LogP contribution in [-0.4, -0.2) is 30.4 Å². The fourth-order valence-corrected chi connectivity index (χ4v) is 5.70. The molecule has 6 heteroatoms. The molecule has 0 radical (unpaired) electrons. The van der Waals surface area contributed by atoms with E-state index in [4.69, 9.17) is 0 Å². The lowest BCUT2D eigenvalue weighted by Crippen LogP contribution is -2.42. The summed E-state index contributed by atoms with van der Waals surface area (Å²) in [5, 5.41) is 1.28. The summed E-state index contributed by atoms with van der Waals surface area (Å²) < 4.78 is 43.0. The first-order valence-corrected chi connectivity index (χ1v) is 11.2. The summed E-state index contributed by atoms with van der Waals surface area (Å²) in [7, 11) is -2.03. The van der Waals surface area contributed by atoms with Crippen LogP contribution in [0.5, 0.6) is 0 Å². The molecule has 28 heavy (non-hydrogen) atoms. The third kappa shape index (κ3) is 3.14. The fourth-order valence-electron chi connectivity index (χ4n) is 4.32. The van der Waals surface area contributed by atoms with Gasteiger partial charge in [0.05, 0.1) is 4.90 Å². The fraction of sp³-hybridized carbons (Fsp3) is 0.364. The Bertz CT molecular complexity index is 1100. The highest BCUT2D eigenvalue weighted by Crippen LogP contribution is 2.33. The van der Waals surface area contributed by atoms with Gasteiger partial charge in [-0.15, -0.1) is 0 Å². The topological polar surface area (TPSA) is 42.3 Å². The van der Waals surface area contributed by atoms with Crippen molar-refractivity contribution in [2.45, 2.75) is 50.1 Å². The molecule has 1 aromatic heterocycles. The van der Waals surface area contributed by atoms with Gasteiger partial charge < -0.3 is 4.57 Å². The summed E-state index contributed by atoms with van der Waals surface area (Å²) in [6, 6.07) is 13.3. The van der Waals surface area contributed by atoms with Gasteiger partial charge in [0.2, 0.25) is 10.0 Å². The van der Waals surface area contributed by atoms with Gasteiger partial charge in [-0.25, -0.2) is 12.8 Å². The van der Waals surface area contributed by atoms with E-state index in [1.54, 1.807) is 7.05 Å². The first-order chi connectivity index (χ1) is 13.4. The highest BCUT2D eigenvalue weighted by Gasteiger charge is 2.32. The molecule has 2 heterocycles. The summed E-state index contributed by atoms with van der Waals surface area (Å²) in [6.45, 7) is 2.82. The Hall–Kier alpha value is -2.18. The number of nitrogens with zero attached hydrogens (tertiary/aromatic N) is 2. The highest BCUT2D eigenvalue weighted by molar-refractivity contribution is 7.89. The van der Waals surface area contributed by atoms with Gasteiger partial charge in [-0.2, -0.15) is 4.31 Å². The Kier molecular flexibility index (Phi) is 5.02. The summed E-state index contributed by atoms with van der Waals surface area (Å²) in [5.41, 5.74) is 3.92. The van der Waals surface area contributed by atoms with Gasteiger partial charge in [0.1, 0.15) is 5.82 Å². The maximum atomic E-state index is 13.2. The van der Waals surface area contributed by atoms with E-state index >= 15 is 0 Å². The maximum Gasteiger partial charge on any atom is 0.243 e. The minimum Gasteiger partial charge on any atom is -0.343 e. The molecule has 0 N–H and O–H groups in total. The molecule has 1 aliphatic rings. The van der Waals surface area contributed by atoms with Crippen molar-refractivity contribution in [1.29, 1.82) is 0 Å². The third-order valence-electron chi connectivity index (χ3n) is 5.81. The van der Waals surface area contributed by atoms with E-state index < -0.39 is 15.8 Å². The molecule has 1 unspecified atom stereocenters. The van der Waals surface area contributed by atoms with Crippen LogP contribution in [0.25, 0.3) is 10.9 Å². The lowest BCUT2D eigenvalue weighted by Gasteiger charge is -2.32. The van der Waals surface area contributed by atoms with Crippen LogP contribution >= 0.6 is 0 Å². The van der Waals surface area contributed by atoms with Crippen molar-refractivity contribution in [3.8, 4) is 0 Å². The van der Waals surface area contributed by atoms with Gasteiger partial charge in [-0.05, 0) is 55.2 Å². The quantitative estimate of drug-likeness (QED) is 0.638. The summed E-state index contributed by atoms with van der Waals surface area (Å²) in [4.78, 5) is 0.131. The number of likely N-dealkylation sites (N-methyl/N-ethyl adjacent to an activating group) is 1. The maximum absolute atomic E-state index is 13.2. The van der Waals surface area contributed by atoms with Crippen LogP contribution < -0.4 is 0 Å². The second-order valence-corrected chi connectivity index (χ2v) is 9.47. The number of para-hydroxylation sites is 1. The Labute approximate surface area is 165 Å². The van der Waals surface area contributed by atoms with Crippen LogP contribution in [0.3, 0.4) is 0 Å². The van der Waals surface area contributed by atoms with E-state index in [-0.39, 0.29) is 10.9 Å². The average Bonchev–Trinajstić information content (AvgIpc) is 3.01. The van der Waals surface area contributed by atoms with E-state index in [2.05, 4.69) is 29.7 Å². The first-order valence-electron chi connectivity index (χ1n) is 9.76. The van der Waals surface area contributed by atoms with E-state index in [0.717, 1.165) is 25.7 Å². The zero-order valence-electron chi connectivity index (χ0n) is 16.2. The number of benzene rings is 2. The Morgan fingerprint density at radius 1 is 1.14 bits per heavy atom. The van der Waals surface area contributed by atoms with Gasteiger partial charge in [-0.1, -0.05) is 31.5 Å². The largest absolute Gasteiger partial charge is 0.343 e. The molecule has 0 saturated heterocycles. The van der Waals surface area contributed by atoms with Crippen molar-refractivity contribution in [3.63, 3.8) is 0 Å². The average molecular weight is 401 g/mol. The molecular weight excluding hydrogens is 375 g/mol. The third-order valence-corrected chi connectivity index (χ3v) is 7.73. The molecule has 0 spiro atoms. The molecule has 0 saturated carbocycles.